The Morgan fingerprint density at radius 3 is 1.15 bits per heavy atom. The van der Waals surface area contributed by atoms with Crippen molar-refractivity contribution in [2.24, 2.45) is 11.5 Å². The number of amides is 3. The quantitative estimate of drug-likeness (QED) is 0.0285. The Bertz CT molecular complexity index is 4710. The molecular formula is C82H115BrN16Na2O21S3. The number of aromatic nitrogens is 6. The number of carbonyl (C=O) groups is 10. The standard InChI is InChI=1S/C16H21N3O3.C16H20N2O4.C11H12N2O2.C10H15N3O2S.C10H18O5.C9H13N3O2S.C5H4BrNO2S.C5H12N2.2Na.H2O/c1-16(2,3)22-15(21)19-13(14(17)20)8-10-9-18-12-7-5-4-6-11(10)12;1-16(2,3)22-15(21)18-13(14(19)20)8-10-9-17-12-7-5-4-6-11(10)12;12-9(11(14)15)5-7-6-13-10-4-2-1-3-8(7)10;1-12-3-5-13(6-4-12)10-11-7-8(16-10)9(14)15-2;1-9(2,3)14-7(11)13-8(12)15-10(4,5)6;1-11-2-4-12(5-3-11)9-10-6-7(15-9)8(13)14;1-9-4(8)3-2-7-5(6)10-3;1-7-4-2-6-3-5-7;;;/h4-7,9,13,18H,8H2,1-3H3,(H2,17,20)(H,19,21);4-7,9,13,17H,8H2,1-3H3,(H,18,21)(H,19,20);1-4,6,9,13H,5,12H2,(H,14,15);7H,3-6H2,1-2H3;1-6H3;6H,2-5H2,1H3,(H,13,14);2H,1H3;6H,2-5H2,1H3;;;1H2/q;;;;;;;;2*+1;/p-2. The van der Waals surface area contributed by atoms with Gasteiger partial charge in [0.15, 0.2) is 14.2 Å². The zero-order valence-corrected chi connectivity index (χ0v) is 82.3. The van der Waals surface area contributed by atoms with E-state index in [0.29, 0.717) is 26.5 Å². The van der Waals surface area contributed by atoms with Crippen LogP contribution in [-0.4, -0.2) is 275 Å². The van der Waals surface area contributed by atoms with Crippen LogP contribution in [0.4, 0.5) is 29.4 Å². The number of aliphatic carboxylic acids is 2. The maximum atomic E-state index is 11.8. The van der Waals surface area contributed by atoms with E-state index in [1.165, 1.54) is 73.7 Å². The summed E-state index contributed by atoms with van der Waals surface area (Å²) < 4.78 is 33.9. The molecule has 676 valence electrons. The number of para-hydroxylation sites is 3. The number of fused-ring (bicyclic) bond motifs is 3. The summed E-state index contributed by atoms with van der Waals surface area (Å²) in [6.07, 6.45) is 7.14. The van der Waals surface area contributed by atoms with Crippen molar-refractivity contribution in [2.75, 3.05) is 124 Å². The molecule has 3 amide bonds. The number of alkyl carbamates (subject to hydrolysis) is 2. The van der Waals surface area contributed by atoms with Crippen LogP contribution < -0.4 is 101 Å². The van der Waals surface area contributed by atoms with Gasteiger partial charge in [0, 0.05) is 155 Å². The molecule has 3 unspecified atom stereocenters. The fourth-order valence-electron chi connectivity index (χ4n) is 10.9. The first kappa shape index (κ1) is 112. The summed E-state index contributed by atoms with van der Waals surface area (Å²) in [6.45, 7) is 33.0. The number of H-pyrrole nitrogens is 3. The fourth-order valence-corrected chi connectivity index (χ4v) is 13.8. The fraction of sp³-hybridized carbons (Fsp3) is 0.476. The minimum absolute atomic E-state index is 0. The molecule has 3 aliphatic rings. The number of methoxy groups -OCH3 is 2. The number of aromatic amines is 3. The Morgan fingerprint density at radius 1 is 0.496 bits per heavy atom. The molecule has 9 heterocycles. The summed E-state index contributed by atoms with van der Waals surface area (Å²) in [4.78, 5) is 146. The van der Waals surface area contributed by atoms with Crippen molar-refractivity contribution >= 4 is 153 Å². The van der Waals surface area contributed by atoms with Crippen molar-refractivity contribution in [1.82, 2.24) is 60.6 Å². The van der Waals surface area contributed by atoms with Crippen molar-refractivity contribution in [3.63, 3.8) is 0 Å². The second-order valence-electron chi connectivity index (χ2n) is 31.7. The Kier molecular flexibility index (Phi) is 48.7. The number of carboxylic acids is 3. The Balaban J connectivity index is 0.000000490. The van der Waals surface area contributed by atoms with Gasteiger partial charge in [-0.3, -0.25) is 9.59 Å². The van der Waals surface area contributed by atoms with Crippen LogP contribution in [0.2, 0.25) is 0 Å². The predicted octanol–water partition coefficient (Wildman–Crippen LogP) is 3.76. The largest absolute Gasteiger partial charge is 1.00 e. The van der Waals surface area contributed by atoms with Gasteiger partial charge >= 0.3 is 107 Å². The molecule has 3 aliphatic heterocycles. The number of primary amides is 1. The van der Waals surface area contributed by atoms with Crippen LogP contribution in [0.25, 0.3) is 32.7 Å². The third-order valence-electron chi connectivity index (χ3n) is 16.9. The van der Waals surface area contributed by atoms with E-state index in [9.17, 15) is 58.2 Å². The molecule has 0 spiro atoms. The number of nitrogens with zero attached hydrogens (tertiary/aromatic N) is 8. The van der Waals surface area contributed by atoms with Crippen LogP contribution in [0.3, 0.4) is 0 Å². The maximum absolute atomic E-state index is 11.8. The van der Waals surface area contributed by atoms with Gasteiger partial charge in [-0.2, -0.15) is 0 Å². The number of thiazole rings is 3. The SMILES string of the molecule is CC(C)(C)OC(=O)NC(Cc1c[nH]c2ccccc12)C(=O)O.CC(C)(C)OC(=O)NC(Cc1c[nH]c2ccccc12)C(N)=O.CC(C)(C)OC(=O)OC(=O)OC(C)(C)C.CN1CCN(c2ncc(C(=O)[O-])s2)CC1.CN1CCNCC1.COC(=O)c1cnc(Br)s1.COC(=O)c1cnc(N2CCN(C)CC2)s1.NC(Cc1c[nH]c2ccccc12)C(=O)O.[Na+].[Na+].[OH-]. The smallest absolute Gasteiger partial charge is 0.870 e. The molecule has 0 aliphatic carbocycles. The number of carboxylic acid groups (broad SMARTS) is 3. The number of rotatable bonds is 16. The van der Waals surface area contributed by atoms with E-state index in [-0.39, 0.29) is 87.8 Å². The van der Waals surface area contributed by atoms with Crippen LogP contribution in [0.15, 0.2) is 114 Å². The summed E-state index contributed by atoms with van der Waals surface area (Å²) >= 11 is 6.96. The van der Waals surface area contributed by atoms with E-state index in [4.69, 9.17) is 35.5 Å². The van der Waals surface area contributed by atoms with Gasteiger partial charge in [0.05, 0.1) is 37.5 Å². The van der Waals surface area contributed by atoms with E-state index < -0.39 is 88.8 Å². The van der Waals surface area contributed by atoms with Crippen molar-refractivity contribution in [2.45, 2.75) is 143 Å². The molecular weight excluding hydrogens is 1770 g/mol. The van der Waals surface area contributed by atoms with Crippen LogP contribution >= 0.6 is 49.9 Å². The average molecular weight is 1880 g/mol. The molecule has 43 heteroatoms. The number of likely N-dealkylation sites (N-methyl/N-ethyl adjacent to an activating group) is 3. The number of benzene rings is 3. The number of nitrogens with two attached hydrogens (primary N) is 2. The number of halogens is 1. The summed E-state index contributed by atoms with van der Waals surface area (Å²) in [5.74, 6) is -4.47. The number of aromatic carboxylic acids is 1. The second kappa shape index (κ2) is 54.3. The van der Waals surface area contributed by atoms with Gasteiger partial charge in [-0.25, -0.2) is 48.5 Å². The minimum Gasteiger partial charge on any atom is -0.870 e. The van der Waals surface area contributed by atoms with Gasteiger partial charge in [-0.05, 0) is 155 Å². The van der Waals surface area contributed by atoms with Crippen LogP contribution in [0.1, 0.15) is 129 Å². The first-order valence-electron chi connectivity index (χ1n) is 38.7. The molecule has 0 bridgehead atoms. The third-order valence-corrected chi connectivity index (χ3v) is 20.5. The molecule has 12 rings (SSSR count). The van der Waals surface area contributed by atoms with Crippen LogP contribution in [0, 0.1) is 0 Å². The zero-order chi connectivity index (χ0) is 90.8. The second-order valence-corrected chi connectivity index (χ2v) is 36.0. The predicted molar refractivity (Wildman–Crippen MR) is 471 cm³/mol. The third kappa shape index (κ3) is 42.5. The summed E-state index contributed by atoms with van der Waals surface area (Å²) in [6, 6.07) is 20.4. The zero-order valence-electron chi connectivity index (χ0n) is 74.3. The van der Waals surface area contributed by atoms with Crippen molar-refractivity contribution in [3.8, 4) is 0 Å². The Morgan fingerprint density at radius 2 is 0.832 bits per heavy atom. The number of piperazine rings is 3. The molecule has 13 N–H and O–H groups in total. The molecule has 0 radical (unpaired) electrons. The average Bonchev–Trinajstić information content (AvgIpc) is 1.70. The maximum Gasteiger partial charge on any atom is 1.00 e. The number of nitrogens with one attached hydrogen (secondary N) is 6. The molecule has 125 heavy (non-hydrogen) atoms. The van der Waals surface area contributed by atoms with Gasteiger partial charge < -0.3 is 126 Å². The molecule has 0 saturated carbocycles. The minimum atomic E-state index is -1.15. The van der Waals surface area contributed by atoms with Gasteiger partial charge in [0.2, 0.25) is 5.91 Å². The van der Waals surface area contributed by atoms with Gasteiger partial charge in [0.1, 0.15) is 50.3 Å². The topological polar surface area (TPSA) is 519 Å². The van der Waals surface area contributed by atoms with E-state index in [1.807, 2.05) is 85.2 Å². The molecule has 3 atom stereocenters. The summed E-state index contributed by atoms with van der Waals surface area (Å²) in [7, 11) is 9.07. The normalized spacial score (nSPS) is 14.1. The van der Waals surface area contributed by atoms with E-state index in [2.05, 4.69) is 122 Å². The van der Waals surface area contributed by atoms with E-state index in [0.717, 1.165) is 125 Å². The number of anilines is 2. The van der Waals surface area contributed by atoms with E-state index >= 15 is 0 Å². The molecule has 6 aromatic heterocycles. The number of hydrogen-bond acceptors (Lipinski definition) is 32. The number of carbonyl (C=O) groups excluding carboxylic acids is 8. The van der Waals surface area contributed by atoms with Gasteiger partial charge in [-0.15, -0.1) is 11.3 Å². The summed E-state index contributed by atoms with van der Waals surface area (Å²) in [5, 5.41) is 41.5. The van der Waals surface area contributed by atoms with Gasteiger partial charge in [-0.1, -0.05) is 77.3 Å². The number of ether oxygens (including phenoxy) is 7. The van der Waals surface area contributed by atoms with Crippen LogP contribution in [0.5, 0.6) is 0 Å². The van der Waals surface area contributed by atoms with Crippen molar-refractivity contribution < 1.29 is 161 Å². The van der Waals surface area contributed by atoms with Crippen molar-refractivity contribution in [1.29, 1.82) is 0 Å². The number of hydrogen-bond donors (Lipinski definition) is 10. The molecule has 3 fully saturated rings. The van der Waals surface area contributed by atoms with Gasteiger partial charge in [0.25, 0.3) is 0 Å². The number of esters is 2. The monoisotopic (exact) mass is 1880 g/mol. The first-order chi connectivity index (χ1) is 57.2. The Hall–Kier alpha value is -8.89. The first-order valence-corrected chi connectivity index (χ1v) is 41.9. The molecule has 37 nitrogen and oxygen atoms in total. The van der Waals surface area contributed by atoms with E-state index in [1.54, 1.807) is 95.5 Å². The van der Waals surface area contributed by atoms with Crippen molar-refractivity contribution in [3.05, 3.63) is 145 Å². The van der Waals surface area contributed by atoms with Crippen LogP contribution in [-0.2, 0) is 66.8 Å². The molecule has 9 aromatic rings. The molecule has 3 aromatic carbocycles. The summed E-state index contributed by atoms with van der Waals surface area (Å²) in [5.41, 5.74) is 13.8. The Labute approximate surface area is 791 Å². The molecule has 3 saturated heterocycles.